The van der Waals surface area contributed by atoms with E-state index in [0.717, 1.165) is 18.5 Å². The molecule has 10 nitrogen and oxygen atoms in total. The lowest BCUT2D eigenvalue weighted by Crippen LogP contribution is -2.53. The summed E-state index contributed by atoms with van der Waals surface area (Å²) in [5.41, 5.74) is 2.47. The summed E-state index contributed by atoms with van der Waals surface area (Å²) in [6, 6.07) is 18.3. The first-order chi connectivity index (χ1) is 22.9. The molecule has 1 heterocycles. The molecule has 48 heavy (non-hydrogen) atoms. The van der Waals surface area contributed by atoms with Gasteiger partial charge in [0, 0.05) is 37.4 Å². The van der Waals surface area contributed by atoms with Crippen molar-refractivity contribution in [2.24, 2.45) is 0 Å². The number of hydrogen-bond acceptors (Lipinski definition) is 9. The molecule has 3 aromatic rings. The second-order valence-electron chi connectivity index (χ2n) is 13.2. The number of benzene rings is 3. The van der Waals surface area contributed by atoms with Crippen molar-refractivity contribution in [3.63, 3.8) is 0 Å². The molecule has 0 spiro atoms. The van der Waals surface area contributed by atoms with Crippen LogP contribution in [0, 0.1) is 0 Å². The topological polar surface area (TPSA) is 113 Å². The van der Waals surface area contributed by atoms with Gasteiger partial charge < -0.3 is 29.0 Å². The first-order valence-electron chi connectivity index (χ1n) is 16.3. The van der Waals surface area contributed by atoms with E-state index in [4.69, 9.17) is 23.7 Å². The van der Waals surface area contributed by atoms with Crippen LogP contribution in [0.15, 0.2) is 66.7 Å². The minimum atomic E-state index is -0.557. The van der Waals surface area contributed by atoms with E-state index in [1.165, 1.54) is 7.11 Å². The number of ketones is 1. The van der Waals surface area contributed by atoms with E-state index in [1.54, 1.807) is 61.7 Å². The zero-order valence-corrected chi connectivity index (χ0v) is 29.0. The van der Waals surface area contributed by atoms with Crippen molar-refractivity contribution in [2.75, 3.05) is 40.9 Å². The highest BCUT2D eigenvalue weighted by Crippen LogP contribution is 2.28. The number of methoxy groups -OCH3 is 2. The van der Waals surface area contributed by atoms with Gasteiger partial charge in [0.15, 0.2) is 19.4 Å². The maximum Gasteiger partial charge on any atom is 0.338 e. The van der Waals surface area contributed by atoms with E-state index in [9.17, 15) is 14.4 Å². The summed E-state index contributed by atoms with van der Waals surface area (Å²) in [6.45, 7) is 11.9. The fourth-order valence-corrected chi connectivity index (χ4v) is 5.55. The van der Waals surface area contributed by atoms with Crippen molar-refractivity contribution in [1.29, 1.82) is 0 Å². The van der Waals surface area contributed by atoms with Gasteiger partial charge in [-0.3, -0.25) is 14.5 Å². The second kappa shape index (κ2) is 16.7. The van der Waals surface area contributed by atoms with Crippen LogP contribution in [0.1, 0.15) is 95.6 Å². The third-order valence-electron chi connectivity index (χ3n) is 8.40. The molecular weight excluding hydrogens is 612 g/mol. The maximum atomic E-state index is 13.6. The van der Waals surface area contributed by atoms with Crippen molar-refractivity contribution in [3.05, 3.63) is 94.5 Å². The lowest BCUT2D eigenvalue weighted by atomic mass is 9.95. The van der Waals surface area contributed by atoms with E-state index < -0.39 is 18.1 Å². The van der Waals surface area contributed by atoms with E-state index >= 15 is 0 Å². The number of amides is 1. The number of carbonyl (C=O) groups is 3. The Morgan fingerprint density at radius 3 is 2.10 bits per heavy atom. The van der Waals surface area contributed by atoms with E-state index in [2.05, 4.69) is 44.8 Å². The predicted octanol–water partition coefficient (Wildman–Crippen LogP) is 6.22. The fraction of sp³-hybridized carbons (Fsp3) is 0.447. The first kappa shape index (κ1) is 36.6. The number of nitrogens with one attached hydrogen (secondary N) is 1. The van der Waals surface area contributed by atoms with Gasteiger partial charge in [-0.15, -0.1) is 0 Å². The monoisotopic (exact) mass is 660 g/mol. The van der Waals surface area contributed by atoms with Crippen LogP contribution in [-0.2, 0) is 14.2 Å². The molecule has 4 rings (SSSR count). The van der Waals surface area contributed by atoms with Gasteiger partial charge in [-0.05, 0) is 100 Å². The average molecular weight is 661 g/mol. The zero-order valence-electron chi connectivity index (χ0n) is 29.0. The molecule has 0 bridgehead atoms. The highest BCUT2D eigenvalue weighted by Gasteiger charge is 2.35. The van der Waals surface area contributed by atoms with Crippen molar-refractivity contribution >= 4 is 17.7 Å². The molecule has 0 saturated carbocycles. The van der Waals surface area contributed by atoms with Gasteiger partial charge >= 0.3 is 5.97 Å². The van der Waals surface area contributed by atoms with Crippen molar-refractivity contribution < 1.29 is 38.1 Å². The highest BCUT2D eigenvalue weighted by atomic mass is 16.7. The second-order valence-corrected chi connectivity index (χ2v) is 13.2. The third-order valence-corrected chi connectivity index (χ3v) is 8.40. The molecule has 258 valence electrons. The Morgan fingerprint density at radius 1 is 0.854 bits per heavy atom. The zero-order chi connectivity index (χ0) is 34.8. The Bertz CT molecular complexity index is 1530. The SMILES string of the molecule is COCOc1ccc(C(=O)N[C@@H]2CN(C(C)(C)C)CCC[C@H]2OC(=O)c2ccc(C(=O)c3cc(C(C)C)ccc3OCOC)cc2)cc1. The summed E-state index contributed by atoms with van der Waals surface area (Å²) in [5.74, 6) is 0.220. The summed E-state index contributed by atoms with van der Waals surface area (Å²) in [5, 5.41) is 3.13. The van der Waals surface area contributed by atoms with Crippen molar-refractivity contribution in [1.82, 2.24) is 10.2 Å². The van der Waals surface area contributed by atoms with E-state index in [-0.39, 0.29) is 36.7 Å². The number of rotatable bonds is 13. The molecule has 0 radical (unpaired) electrons. The van der Waals surface area contributed by atoms with Gasteiger partial charge in [0.05, 0.1) is 17.2 Å². The Hall–Kier alpha value is -4.25. The molecule has 0 aromatic heterocycles. The van der Waals surface area contributed by atoms with Crippen molar-refractivity contribution in [2.45, 2.75) is 71.1 Å². The summed E-state index contributed by atoms with van der Waals surface area (Å²) in [6.07, 6.45) is 0.822. The molecule has 1 aliphatic rings. The summed E-state index contributed by atoms with van der Waals surface area (Å²) in [4.78, 5) is 42.7. The van der Waals surface area contributed by atoms with Gasteiger partial charge in [0.1, 0.15) is 17.6 Å². The first-order valence-corrected chi connectivity index (χ1v) is 16.3. The van der Waals surface area contributed by atoms with Gasteiger partial charge in [-0.2, -0.15) is 0 Å². The van der Waals surface area contributed by atoms with Crippen LogP contribution in [0.3, 0.4) is 0 Å². The van der Waals surface area contributed by atoms with Crippen LogP contribution < -0.4 is 14.8 Å². The molecule has 1 saturated heterocycles. The van der Waals surface area contributed by atoms with E-state index in [0.29, 0.717) is 46.7 Å². The smallest absolute Gasteiger partial charge is 0.338 e. The van der Waals surface area contributed by atoms with Crippen LogP contribution in [0.4, 0.5) is 0 Å². The van der Waals surface area contributed by atoms with Gasteiger partial charge in [-0.1, -0.05) is 32.0 Å². The van der Waals surface area contributed by atoms with Crippen LogP contribution in [-0.4, -0.2) is 81.1 Å². The third kappa shape index (κ3) is 9.65. The predicted molar refractivity (Wildman–Crippen MR) is 183 cm³/mol. The molecule has 1 N–H and O–H groups in total. The Morgan fingerprint density at radius 2 is 1.48 bits per heavy atom. The average Bonchev–Trinajstić information content (AvgIpc) is 3.28. The number of nitrogens with zero attached hydrogens (tertiary/aromatic N) is 1. The number of esters is 1. The summed E-state index contributed by atoms with van der Waals surface area (Å²) >= 11 is 0. The Balaban J connectivity index is 1.51. The lowest BCUT2D eigenvalue weighted by Gasteiger charge is -2.37. The molecule has 3 aromatic carbocycles. The standard InChI is InChI=1S/C38H48N2O8/c1-25(2)29-16-19-33(47-24-45-7)31(21-29)35(41)26-10-12-28(13-11-26)37(43)48-34-9-8-20-40(38(3,4)5)22-32(34)39-36(42)27-14-17-30(18-15-27)46-23-44-6/h10-19,21,25,32,34H,8-9,20,22-24H2,1-7H3,(H,39,42)/t32-,34-/m1/s1. The van der Waals surface area contributed by atoms with Crippen LogP contribution in [0.5, 0.6) is 11.5 Å². The Kier molecular flexibility index (Phi) is 12.7. The summed E-state index contributed by atoms with van der Waals surface area (Å²) in [7, 11) is 3.06. The van der Waals surface area contributed by atoms with Gasteiger partial charge in [0.25, 0.3) is 5.91 Å². The number of carbonyl (C=O) groups excluding carboxylic acids is 3. The van der Waals surface area contributed by atoms with Crippen LogP contribution in [0.2, 0.25) is 0 Å². The normalized spacial score (nSPS) is 17.0. The fourth-order valence-electron chi connectivity index (χ4n) is 5.55. The molecule has 1 amide bonds. The molecule has 2 atom stereocenters. The van der Waals surface area contributed by atoms with Gasteiger partial charge in [-0.25, -0.2) is 4.79 Å². The number of ether oxygens (including phenoxy) is 5. The summed E-state index contributed by atoms with van der Waals surface area (Å²) < 4.78 is 27.2. The molecule has 0 unspecified atom stereocenters. The molecule has 1 aliphatic heterocycles. The Labute approximate surface area is 283 Å². The largest absolute Gasteiger partial charge is 0.468 e. The minimum Gasteiger partial charge on any atom is -0.468 e. The highest BCUT2D eigenvalue weighted by molar-refractivity contribution is 6.11. The molecule has 1 fully saturated rings. The van der Waals surface area contributed by atoms with Crippen LogP contribution >= 0.6 is 0 Å². The van der Waals surface area contributed by atoms with E-state index in [1.807, 2.05) is 12.1 Å². The van der Waals surface area contributed by atoms with Gasteiger partial charge in [0.2, 0.25) is 0 Å². The minimum absolute atomic E-state index is 0.0122. The molecular formula is C38H48N2O8. The number of hydrogen-bond donors (Lipinski definition) is 1. The van der Waals surface area contributed by atoms with Crippen LogP contribution in [0.25, 0.3) is 0 Å². The quantitative estimate of drug-likeness (QED) is 0.130. The number of likely N-dealkylation sites (tertiary alicyclic amines) is 1. The van der Waals surface area contributed by atoms with Crippen molar-refractivity contribution in [3.8, 4) is 11.5 Å². The lowest BCUT2D eigenvalue weighted by molar-refractivity contribution is 0.0157. The molecule has 0 aliphatic carbocycles. The molecule has 10 heteroatoms. The maximum absolute atomic E-state index is 13.6.